The Morgan fingerprint density at radius 3 is 2.79 bits per heavy atom. The lowest BCUT2D eigenvalue weighted by atomic mass is 10.3. The monoisotopic (exact) mass is 192 g/mol. The van der Waals surface area contributed by atoms with Gasteiger partial charge >= 0.3 is 0 Å². The van der Waals surface area contributed by atoms with Gasteiger partial charge in [0.2, 0.25) is 0 Å². The predicted octanol–water partition coefficient (Wildman–Crippen LogP) is 1.85. The third-order valence-electron chi connectivity index (χ3n) is 1.96. The minimum Gasteiger partial charge on any atom is -0.387 e. The van der Waals surface area contributed by atoms with E-state index in [1.807, 2.05) is 10.8 Å². The highest BCUT2D eigenvalue weighted by Crippen LogP contribution is 2.12. The molecule has 0 fully saturated rings. The highest BCUT2D eigenvalue weighted by molar-refractivity contribution is 5.09. The predicted molar refractivity (Wildman–Crippen MR) is 57.0 cm³/mol. The lowest BCUT2D eigenvalue weighted by molar-refractivity contribution is 0.194. The molecule has 76 valence electrons. The van der Waals surface area contributed by atoms with Crippen molar-refractivity contribution in [1.82, 2.24) is 9.55 Å². The molecule has 0 spiro atoms. The highest BCUT2D eigenvalue weighted by atomic mass is 16.3. The topological polar surface area (TPSA) is 38.1 Å². The third kappa shape index (κ3) is 2.33. The van der Waals surface area contributed by atoms with Crippen molar-refractivity contribution in [2.24, 2.45) is 0 Å². The van der Waals surface area contributed by atoms with Gasteiger partial charge in [-0.15, -0.1) is 13.2 Å². The van der Waals surface area contributed by atoms with Crippen molar-refractivity contribution in [1.29, 1.82) is 0 Å². The van der Waals surface area contributed by atoms with Crippen molar-refractivity contribution in [2.45, 2.75) is 26.0 Å². The van der Waals surface area contributed by atoms with Crippen molar-refractivity contribution >= 4 is 0 Å². The molecular weight excluding hydrogens is 176 g/mol. The quantitative estimate of drug-likeness (QED) is 0.723. The van der Waals surface area contributed by atoms with Gasteiger partial charge in [-0.25, -0.2) is 4.98 Å². The first-order valence-corrected chi connectivity index (χ1v) is 4.64. The molecule has 1 rings (SSSR count). The van der Waals surface area contributed by atoms with Crippen molar-refractivity contribution in [3.63, 3.8) is 0 Å². The van der Waals surface area contributed by atoms with E-state index >= 15 is 0 Å². The summed E-state index contributed by atoms with van der Waals surface area (Å²) in [7, 11) is 0. The van der Waals surface area contributed by atoms with E-state index in [1.165, 1.54) is 0 Å². The van der Waals surface area contributed by atoms with Crippen molar-refractivity contribution in [2.75, 3.05) is 0 Å². The molecule has 1 N–H and O–H groups in total. The number of aromatic nitrogens is 2. The van der Waals surface area contributed by atoms with Crippen LogP contribution >= 0.6 is 0 Å². The van der Waals surface area contributed by atoms with Gasteiger partial charge in [0, 0.05) is 19.2 Å². The number of rotatable bonds is 5. The first-order chi connectivity index (χ1) is 6.69. The molecule has 14 heavy (non-hydrogen) atoms. The molecule has 0 saturated heterocycles. The van der Waals surface area contributed by atoms with E-state index in [0.717, 1.165) is 5.82 Å². The van der Waals surface area contributed by atoms with Crippen LogP contribution in [0.4, 0.5) is 0 Å². The molecule has 0 aliphatic carbocycles. The van der Waals surface area contributed by atoms with Crippen LogP contribution in [0, 0.1) is 0 Å². The van der Waals surface area contributed by atoms with Crippen LogP contribution in [-0.2, 0) is 13.0 Å². The van der Waals surface area contributed by atoms with Gasteiger partial charge in [-0.2, -0.15) is 0 Å². The Labute approximate surface area is 84.4 Å². The van der Waals surface area contributed by atoms with E-state index in [-0.39, 0.29) is 0 Å². The number of imidazole rings is 1. The average Bonchev–Trinajstić information content (AvgIpc) is 2.50. The molecule has 0 aromatic carbocycles. The second-order valence-corrected chi connectivity index (χ2v) is 3.19. The van der Waals surface area contributed by atoms with E-state index in [4.69, 9.17) is 0 Å². The lowest BCUT2D eigenvalue weighted by Gasteiger charge is -2.00. The highest BCUT2D eigenvalue weighted by Gasteiger charge is 2.09. The van der Waals surface area contributed by atoms with Gasteiger partial charge in [-0.1, -0.05) is 12.2 Å². The zero-order valence-electron chi connectivity index (χ0n) is 8.48. The van der Waals surface area contributed by atoms with Crippen LogP contribution in [0.3, 0.4) is 0 Å². The van der Waals surface area contributed by atoms with Crippen LogP contribution in [0.25, 0.3) is 0 Å². The lowest BCUT2D eigenvalue weighted by Crippen LogP contribution is -1.99. The summed E-state index contributed by atoms with van der Waals surface area (Å²) < 4.78 is 1.97. The normalized spacial score (nSPS) is 12.4. The van der Waals surface area contributed by atoms with Gasteiger partial charge in [0.05, 0.1) is 11.8 Å². The van der Waals surface area contributed by atoms with Gasteiger partial charge < -0.3 is 9.67 Å². The van der Waals surface area contributed by atoms with Crippen molar-refractivity contribution in [3.8, 4) is 0 Å². The van der Waals surface area contributed by atoms with E-state index in [0.29, 0.717) is 18.7 Å². The molecule has 0 aliphatic rings. The third-order valence-corrected chi connectivity index (χ3v) is 1.96. The molecule has 0 aliphatic heterocycles. The summed E-state index contributed by atoms with van der Waals surface area (Å²) in [4.78, 5) is 4.31. The molecular formula is C11H16N2O. The van der Waals surface area contributed by atoms with E-state index in [1.54, 1.807) is 19.1 Å². The Bertz CT molecular complexity index is 299. The zero-order valence-corrected chi connectivity index (χ0v) is 8.48. The number of allylic oxidation sites excluding steroid dienone is 2. The molecule has 1 unspecified atom stereocenters. The van der Waals surface area contributed by atoms with E-state index in [9.17, 15) is 5.11 Å². The van der Waals surface area contributed by atoms with Crippen LogP contribution in [0.15, 0.2) is 31.5 Å². The second kappa shape index (κ2) is 4.77. The SMILES string of the molecule is C=CCc1nc(C(C)O)cn1CC=C. The van der Waals surface area contributed by atoms with Crippen LogP contribution in [0.1, 0.15) is 24.5 Å². The number of aliphatic hydroxyl groups excluding tert-OH is 1. The molecule has 0 saturated carbocycles. The van der Waals surface area contributed by atoms with Crippen molar-refractivity contribution < 1.29 is 5.11 Å². The minimum absolute atomic E-state index is 0.523. The summed E-state index contributed by atoms with van der Waals surface area (Å²) in [6, 6.07) is 0. The summed E-state index contributed by atoms with van der Waals surface area (Å²) in [5.41, 5.74) is 0.698. The molecule has 3 nitrogen and oxygen atoms in total. The fraction of sp³-hybridized carbons (Fsp3) is 0.364. The molecule has 1 atom stereocenters. The smallest absolute Gasteiger partial charge is 0.113 e. The Hall–Kier alpha value is -1.35. The summed E-state index contributed by atoms with van der Waals surface area (Å²) in [6.07, 6.45) is 5.64. The Kier molecular flexibility index (Phi) is 3.65. The average molecular weight is 192 g/mol. The van der Waals surface area contributed by atoms with E-state index in [2.05, 4.69) is 18.1 Å². The first kappa shape index (κ1) is 10.7. The molecule has 1 aromatic heterocycles. The Morgan fingerprint density at radius 1 is 1.57 bits per heavy atom. The minimum atomic E-state index is -0.523. The number of hydrogen-bond donors (Lipinski definition) is 1. The zero-order chi connectivity index (χ0) is 10.6. The van der Waals surface area contributed by atoms with Gasteiger partial charge in [0.15, 0.2) is 0 Å². The fourth-order valence-electron chi connectivity index (χ4n) is 1.27. The van der Waals surface area contributed by atoms with Gasteiger partial charge in [-0.3, -0.25) is 0 Å². The summed E-state index contributed by atoms with van der Waals surface area (Å²) >= 11 is 0. The first-order valence-electron chi connectivity index (χ1n) is 4.64. The Morgan fingerprint density at radius 2 is 2.29 bits per heavy atom. The maximum atomic E-state index is 9.37. The van der Waals surface area contributed by atoms with Gasteiger partial charge in [0.25, 0.3) is 0 Å². The summed E-state index contributed by atoms with van der Waals surface area (Å²) in [5.74, 6) is 0.913. The standard InChI is InChI=1S/C11H16N2O/c1-4-6-11-12-10(9(3)14)8-13(11)7-5-2/h4-5,8-9,14H,1-2,6-7H2,3H3. The summed E-state index contributed by atoms with van der Waals surface area (Å²) in [5, 5.41) is 9.37. The van der Waals surface area contributed by atoms with E-state index < -0.39 is 6.10 Å². The molecule has 0 bridgehead atoms. The van der Waals surface area contributed by atoms with Crippen molar-refractivity contribution in [3.05, 3.63) is 43.0 Å². The van der Waals surface area contributed by atoms with Crippen LogP contribution < -0.4 is 0 Å². The molecule has 0 radical (unpaired) electrons. The number of aliphatic hydroxyl groups is 1. The maximum absolute atomic E-state index is 9.37. The molecule has 3 heteroatoms. The number of nitrogens with zero attached hydrogens (tertiary/aromatic N) is 2. The molecule has 1 aromatic rings. The van der Waals surface area contributed by atoms with Gasteiger partial charge in [-0.05, 0) is 6.92 Å². The van der Waals surface area contributed by atoms with Crippen LogP contribution in [0.2, 0.25) is 0 Å². The second-order valence-electron chi connectivity index (χ2n) is 3.19. The fourth-order valence-corrected chi connectivity index (χ4v) is 1.27. The van der Waals surface area contributed by atoms with Gasteiger partial charge in [0.1, 0.15) is 5.82 Å². The molecule has 0 amide bonds. The molecule has 1 heterocycles. The maximum Gasteiger partial charge on any atom is 0.113 e. The Balaban J connectivity index is 2.98. The number of hydrogen-bond acceptors (Lipinski definition) is 2. The van der Waals surface area contributed by atoms with Crippen LogP contribution in [-0.4, -0.2) is 14.7 Å². The largest absolute Gasteiger partial charge is 0.387 e. The summed E-state index contributed by atoms with van der Waals surface area (Å²) in [6.45, 7) is 9.76. The van der Waals surface area contributed by atoms with Crippen LogP contribution in [0.5, 0.6) is 0 Å².